The van der Waals surface area contributed by atoms with Crippen LogP contribution in [0.5, 0.6) is 11.8 Å². The van der Waals surface area contributed by atoms with Gasteiger partial charge >= 0.3 is 11.4 Å². The first-order chi connectivity index (χ1) is 31.7. The summed E-state index contributed by atoms with van der Waals surface area (Å²) < 4.78 is 41.0. The van der Waals surface area contributed by atoms with Gasteiger partial charge in [0, 0.05) is 35.2 Å². The summed E-state index contributed by atoms with van der Waals surface area (Å²) in [4.78, 5) is 49.5. The lowest BCUT2D eigenvalue weighted by Gasteiger charge is -2.26. The highest BCUT2D eigenvalue weighted by atomic mass is 35.5. The molecule has 4 fully saturated rings. The van der Waals surface area contributed by atoms with E-state index in [0.717, 1.165) is 34.6 Å². The van der Waals surface area contributed by atoms with Gasteiger partial charge in [0.05, 0.1) is 123 Å². The quantitative estimate of drug-likeness (QED) is 0.138. The molecule has 4 aliphatic rings. The number of hydrogen-bond acceptors (Lipinski definition) is 14. The Hall–Kier alpha value is -6.22. The minimum absolute atomic E-state index is 0.0197. The molecule has 12 rings (SSSR count). The van der Waals surface area contributed by atoms with Crippen LogP contribution in [0.3, 0.4) is 0 Å². The molecule has 21 heteroatoms. The Bertz CT molecular complexity index is 3230. The number of hydrogen-bond donors (Lipinski definition) is 0. The number of pyridine rings is 2. The maximum Gasteiger partial charge on any atom is 0.330 e. The number of rotatable bonds is 10. The van der Waals surface area contributed by atoms with Gasteiger partial charge in [0.15, 0.2) is 17.8 Å². The van der Waals surface area contributed by atoms with Crippen molar-refractivity contribution in [2.75, 3.05) is 52.9 Å². The molecule has 4 saturated heterocycles. The van der Waals surface area contributed by atoms with Crippen LogP contribution in [0.1, 0.15) is 36.6 Å². The number of imidazole rings is 2. The van der Waals surface area contributed by atoms with Crippen LogP contribution in [0.4, 0.5) is 0 Å². The first-order valence-electron chi connectivity index (χ1n) is 21.2. The molecule has 19 nitrogen and oxygen atoms in total. The monoisotopic (exact) mass is 922 g/mol. The summed E-state index contributed by atoms with van der Waals surface area (Å²) in [5.41, 5.74) is 3.62. The average molecular weight is 924 g/mol. The molecule has 0 bridgehead atoms. The lowest BCUT2D eigenvalue weighted by Crippen LogP contribution is -2.38. The van der Waals surface area contributed by atoms with Gasteiger partial charge in [-0.05, 0) is 42.5 Å². The van der Waals surface area contributed by atoms with Gasteiger partial charge in [-0.1, -0.05) is 23.2 Å². The van der Waals surface area contributed by atoms with Crippen molar-refractivity contribution >= 4 is 67.1 Å². The molecular formula is C44H40Cl2N10O9. The van der Waals surface area contributed by atoms with Crippen LogP contribution in [0.25, 0.3) is 43.9 Å². The molecule has 2 aromatic carbocycles. The third-order valence-corrected chi connectivity index (χ3v) is 12.4. The van der Waals surface area contributed by atoms with Crippen molar-refractivity contribution in [1.82, 2.24) is 43.2 Å². The van der Waals surface area contributed by atoms with Crippen molar-refractivity contribution in [2.45, 2.75) is 50.2 Å². The van der Waals surface area contributed by atoms with Crippen LogP contribution >= 0.6 is 23.2 Å². The molecule has 4 aliphatic heterocycles. The zero-order valence-corrected chi connectivity index (χ0v) is 36.1. The molecule has 65 heavy (non-hydrogen) atoms. The molecule has 0 saturated carbocycles. The number of aromatic nitrogens is 10. The summed E-state index contributed by atoms with van der Waals surface area (Å²) in [7, 11) is 0. The molecule has 10 heterocycles. The topological polar surface area (TPSA) is 201 Å². The molecule has 0 N–H and O–H groups in total. The summed E-state index contributed by atoms with van der Waals surface area (Å²) in [6.07, 6.45) is 7.55. The normalized spacial score (nSPS) is 18.9. The minimum atomic E-state index is -0.244. The Kier molecular flexibility index (Phi) is 11.0. The Morgan fingerprint density at radius 1 is 0.646 bits per heavy atom. The molecule has 2 unspecified atom stereocenters. The third-order valence-electron chi connectivity index (χ3n) is 11.9. The maximum absolute atomic E-state index is 13.4. The molecule has 0 spiro atoms. The summed E-state index contributed by atoms with van der Waals surface area (Å²) in [5.74, 6) is 1.74. The highest BCUT2D eigenvalue weighted by Crippen LogP contribution is 2.30. The first-order valence-corrected chi connectivity index (χ1v) is 21.9. The third kappa shape index (κ3) is 8.01. The molecular weight excluding hydrogens is 883 g/mol. The fourth-order valence-corrected chi connectivity index (χ4v) is 8.79. The second-order valence-electron chi connectivity index (χ2n) is 16.2. The van der Waals surface area contributed by atoms with Crippen molar-refractivity contribution in [3.05, 3.63) is 121 Å². The van der Waals surface area contributed by atoms with Gasteiger partial charge in [-0.15, -0.1) is 0 Å². The smallest absolute Gasteiger partial charge is 0.330 e. The lowest BCUT2D eigenvalue weighted by atomic mass is 10.2. The standard InChI is InChI=1S/C22H20ClN5O5.C22H20ClN5O4/c23-13-1-2-16-17(7-13)24-20(25-21(16)33-15-4-6-31-12-15)9-27-19-8-26(30)5-3-18(19)28(22(27)29)14-10-32-11-14;23-13-1-2-16-17(7-13)25-20(26-21(16)32-15-4-6-30-12-15)9-27-19-8-24-5-3-18(19)28(22(27)29)14-10-31-11-14/h1-3,5,7-8,14-15H,4,6,9-12H2;1-3,5,7-8,14-15H,4,6,9-12H2. The van der Waals surface area contributed by atoms with E-state index in [1.807, 2.05) is 18.2 Å². The van der Waals surface area contributed by atoms with Gasteiger partial charge in [-0.2, -0.15) is 14.7 Å². The fraction of sp³-hybridized carbons (Fsp3) is 0.364. The van der Waals surface area contributed by atoms with E-state index in [-0.39, 0.29) is 48.8 Å². The van der Waals surface area contributed by atoms with E-state index < -0.39 is 0 Å². The van der Waals surface area contributed by atoms with Crippen LogP contribution in [0.15, 0.2) is 82.9 Å². The van der Waals surface area contributed by atoms with Crippen molar-refractivity contribution in [3.63, 3.8) is 0 Å². The Morgan fingerprint density at radius 3 is 1.66 bits per heavy atom. The van der Waals surface area contributed by atoms with E-state index in [0.29, 0.717) is 113 Å². The fourth-order valence-electron chi connectivity index (χ4n) is 8.46. The zero-order valence-electron chi connectivity index (χ0n) is 34.6. The van der Waals surface area contributed by atoms with E-state index >= 15 is 0 Å². The van der Waals surface area contributed by atoms with Crippen LogP contribution in [0, 0.1) is 5.21 Å². The van der Waals surface area contributed by atoms with Crippen molar-refractivity contribution in [1.29, 1.82) is 0 Å². The highest BCUT2D eigenvalue weighted by Gasteiger charge is 2.30. The first kappa shape index (κ1) is 41.5. The molecule has 8 aromatic rings. The molecule has 0 radical (unpaired) electrons. The number of benzene rings is 2. The average Bonchev–Trinajstić information content (AvgIpc) is 4.07. The Balaban J connectivity index is 0.000000144. The SMILES string of the molecule is O=c1n(Cc2nc(OC3CCOC3)c3ccc(Cl)cc3n2)c2c[n+]([O-])ccc2n1C1COC1.O=c1n(Cc2nc(OC3CCOC3)c3ccc(Cl)cc3n2)c2cnccc2n1C1COC1. The number of fused-ring (bicyclic) bond motifs is 4. The van der Waals surface area contributed by atoms with E-state index in [1.54, 1.807) is 56.4 Å². The van der Waals surface area contributed by atoms with E-state index in [9.17, 15) is 14.8 Å². The van der Waals surface area contributed by atoms with E-state index in [2.05, 4.69) is 24.9 Å². The second kappa shape index (κ2) is 17.3. The number of halogens is 2. The number of nitrogens with zero attached hydrogens (tertiary/aromatic N) is 10. The summed E-state index contributed by atoms with van der Waals surface area (Å²) in [5, 5.41) is 14.6. The van der Waals surface area contributed by atoms with Gasteiger partial charge in [-0.25, -0.2) is 19.6 Å². The molecule has 334 valence electrons. The summed E-state index contributed by atoms with van der Waals surface area (Å²) >= 11 is 12.4. The van der Waals surface area contributed by atoms with Crippen LogP contribution in [-0.2, 0) is 32.0 Å². The van der Waals surface area contributed by atoms with Gasteiger partial charge in [-0.3, -0.25) is 23.3 Å². The zero-order chi connectivity index (χ0) is 44.2. The van der Waals surface area contributed by atoms with Crippen LogP contribution in [0.2, 0.25) is 10.0 Å². The van der Waals surface area contributed by atoms with Crippen LogP contribution in [-0.4, -0.2) is 108 Å². The van der Waals surface area contributed by atoms with E-state index in [1.165, 1.54) is 17.0 Å². The number of ether oxygens (including phenoxy) is 6. The van der Waals surface area contributed by atoms with Crippen LogP contribution < -0.4 is 25.6 Å². The minimum Gasteiger partial charge on any atom is -0.619 e. The van der Waals surface area contributed by atoms with Crippen molar-refractivity contribution < 1.29 is 33.2 Å². The second-order valence-corrected chi connectivity index (χ2v) is 17.1. The summed E-state index contributed by atoms with van der Waals surface area (Å²) in [6.45, 7) is 4.53. The molecule has 0 aliphatic carbocycles. The summed E-state index contributed by atoms with van der Waals surface area (Å²) in [6, 6.07) is 14.2. The van der Waals surface area contributed by atoms with Gasteiger partial charge < -0.3 is 33.6 Å². The van der Waals surface area contributed by atoms with Gasteiger partial charge in [0.1, 0.15) is 17.7 Å². The van der Waals surface area contributed by atoms with Crippen molar-refractivity contribution in [2.24, 2.45) is 0 Å². The van der Waals surface area contributed by atoms with Crippen molar-refractivity contribution in [3.8, 4) is 11.8 Å². The van der Waals surface area contributed by atoms with E-state index in [4.69, 9.17) is 51.6 Å². The maximum atomic E-state index is 13.4. The molecule has 2 atom stereocenters. The predicted octanol–water partition coefficient (Wildman–Crippen LogP) is 4.40. The Labute approximate surface area is 378 Å². The highest BCUT2D eigenvalue weighted by molar-refractivity contribution is 6.31. The predicted molar refractivity (Wildman–Crippen MR) is 236 cm³/mol. The van der Waals surface area contributed by atoms with Gasteiger partial charge in [0.25, 0.3) is 0 Å². The van der Waals surface area contributed by atoms with Gasteiger partial charge in [0.2, 0.25) is 18.0 Å². The largest absolute Gasteiger partial charge is 0.619 e. The Morgan fingerprint density at radius 2 is 1.17 bits per heavy atom. The lowest BCUT2D eigenvalue weighted by molar-refractivity contribution is -0.604. The molecule has 0 amide bonds. The molecule has 6 aromatic heterocycles.